The number of halogens is 3. The van der Waals surface area contributed by atoms with Crippen LogP contribution in [0.4, 0.5) is 8.78 Å². The topological polar surface area (TPSA) is 32.7 Å². The van der Waals surface area contributed by atoms with Crippen LogP contribution in [0.2, 0.25) is 5.02 Å². The average Bonchev–Trinajstić information content (AvgIpc) is 2.31. The van der Waals surface area contributed by atoms with Gasteiger partial charge in [-0.3, -0.25) is 4.90 Å². The van der Waals surface area contributed by atoms with Crippen LogP contribution in [-0.4, -0.2) is 49.3 Å². The van der Waals surface area contributed by atoms with Crippen LogP contribution in [0.1, 0.15) is 0 Å². The number of rotatable bonds is 8. The minimum absolute atomic E-state index is 0.145. The summed E-state index contributed by atoms with van der Waals surface area (Å²) in [6, 6.07) is 6.82. The van der Waals surface area contributed by atoms with E-state index in [1.807, 2.05) is 0 Å². The van der Waals surface area contributed by atoms with Gasteiger partial charge in [-0.1, -0.05) is 11.6 Å². The smallest absolute Gasteiger partial charge is 0.251 e. The summed E-state index contributed by atoms with van der Waals surface area (Å²) in [7, 11) is 0. The van der Waals surface area contributed by atoms with Crippen molar-refractivity contribution in [2.24, 2.45) is 0 Å². The van der Waals surface area contributed by atoms with E-state index in [0.717, 1.165) is 0 Å². The molecule has 0 aromatic heterocycles. The van der Waals surface area contributed by atoms with E-state index >= 15 is 0 Å². The van der Waals surface area contributed by atoms with E-state index in [9.17, 15) is 8.78 Å². The maximum absolute atomic E-state index is 12.2. The Morgan fingerprint density at radius 3 is 2.44 bits per heavy atom. The van der Waals surface area contributed by atoms with E-state index in [1.165, 1.54) is 4.90 Å². The van der Waals surface area contributed by atoms with Crippen LogP contribution in [-0.2, 0) is 0 Å². The Morgan fingerprint density at radius 2 is 1.89 bits per heavy atom. The van der Waals surface area contributed by atoms with E-state index in [4.69, 9.17) is 21.4 Å². The van der Waals surface area contributed by atoms with E-state index in [1.54, 1.807) is 24.3 Å². The molecule has 1 rings (SSSR count). The Morgan fingerprint density at radius 1 is 1.22 bits per heavy atom. The van der Waals surface area contributed by atoms with Crippen LogP contribution >= 0.6 is 11.6 Å². The molecule has 0 amide bonds. The fourth-order valence-corrected chi connectivity index (χ4v) is 1.58. The van der Waals surface area contributed by atoms with Gasteiger partial charge in [-0.2, -0.15) is 0 Å². The Hall–Kier alpha value is -0.910. The van der Waals surface area contributed by atoms with Gasteiger partial charge in [0.2, 0.25) is 0 Å². The molecule has 0 aliphatic heterocycles. The van der Waals surface area contributed by atoms with Crippen molar-refractivity contribution in [2.75, 3.05) is 32.8 Å². The van der Waals surface area contributed by atoms with Gasteiger partial charge in [-0.15, -0.1) is 0 Å². The average molecular weight is 280 g/mol. The summed E-state index contributed by atoms with van der Waals surface area (Å²) in [6.45, 7) is 0.342. The van der Waals surface area contributed by atoms with Gasteiger partial charge in [-0.05, 0) is 24.3 Å². The monoisotopic (exact) mass is 279 g/mol. The first-order valence-corrected chi connectivity index (χ1v) is 5.99. The number of hydrogen-bond donors (Lipinski definition) is 1. The van der Waals surface area contributed by atoms with Crippen molar-refractivity contribution in [2.45, 2.75) is 6.43 Å². The second-order valence-electron chi connectivity index (χ2n) is 3.72. The first-order valence-electron chi connectivity index (χ1n) is 5.61. The summed E-state index contributed by atoms with van der Waals surface area (Å²) in [6.07, 6.45) is -2.41. The molecule has 0 aliphatic rings. The van der Waals surface area contributed by atoms with Gasteiger partial charge in [0.05, 0.1) is 13.2 Å². The molecule has 102 valence electrons. The number of aliphatic hydroxyl groups is 1. The molecule has 0 bridgehead atoms. The van der Waals surface area contributed by atoms with Gasteiger partial charge in [-0.25, -0.2) is 8.78 Å². The second kappa shape index (κ2) is 8.24. The molecule has 0 fully saturated rings. The molecular formula is C12H16ClF2NO2. The first-order chi connectivity index (χ1) is 8.61. The normalized spacial score (nSPS) is 11.2. The molecule has 1 aromatic carbocycles. The van der Waals surface area contributed by atoms with Crippen molar-refractivity contribution in [3.05, 3.63) is 29.3 Å². The number of aliphatic hydroxyl groups excluding tert-OH is 1. The van der Waals surface area contributed by atoms with Gasteiger partial charge in [0.15, 0.2) is 0 Å². The number of nitrogens with zero attached hydrogens (tertiary/aromatic N) is 1. The summed E-state index contributed by atoms with van der Waals surface area (Å²) in [5.74, 6) is 0.639. The minimum atomic E-state index is -2.41. The molecule has 18 heavy (non-hydrogen) atoms. The predicted molar refractivity (Wildman–Crippen MR) is 66.5 cm³/mol. The summed E-state index contributed by atoms with van der Waals surface area (Å²) in [5, 5.41) is 9.37. The van der Waals surface area contributed by atoms with Crippen molar-refractivity contribution in [3.8, 4) is 5.75 Å². The Bertz CT molecular complexity index is 335. The second-order valence-corrected chi connectivity index (χ2v) is 4.15. The van der Waals surface area contributed by atoms with E-state index < -0.39 is 6.43 Å². The van der Waals surface area contributed by atoms with Crippen LogP contribution in [0.15, 0.2) is 24.3 Å². The van der Waals surface area contributed by atoms with Gasteiger partial charge in [0, 0.05) is 18.1 Å². The summed E-state index contributed by atoms with van der Waals surface area (Å²) >= 11 is 5.72. The lowest BCUT2D eigenvalue weighted by Crippen LogP contribution is -2.35. The largest absolute Gasteiger partial charge is 0.492 e. The van der Waals surface area contributed by atoms with Crippen molar-refractivity contribution >= 4 is 11.6 Å². The molecule has 0 radical (unpaired) electrons. The van der Waals surface area contributed by atoms with Gasteiger partial charge < -0.3 is 9.84 Å². The Kier molecular flexibility index (Phi) is 6.93. The summed E-state index contributed by atoms with van der Waals surface area (Å²) in [5.41, 5.74) is 0. The number of hydrogen-bond acceptors (Lipinski definition) is 3. The maximum atomic E-state index is 12.2. The molecular weight excluding hydrogens is 264 g/mol. The molecule has 0 spiro atoms. The molecule has 1 aromatic rings. The SMILES string of the molecule is OCCN(CCOc1ccc(Cl)cc1)CC(F)F. The van der Waals surface area contributed by atoms with Crippen LogP contribution in [0.25, 0.3) is 0 Å². The highest BCUT2D eigenvalue weighted by Crippen LogP contribution is 2.15. The minimum Gasteiger partial charge on any atom is -0.492 e. The molecule has 0 saturated heterocycles. The third-order valence-corrected chi connectivity index (χ3v) is 2.55. The van der Waals surface area contributed by atoms with Crippen molar-refractivity contribution < 1.29 is 18.6 Å². The van der Waals surface area contributed by atoms with Crippen molar-refractivity contribution in [3.63, 3.8) is 0 Å². The van der Waals surface area contributed by atoms with Gasteiger partial charge in [0.25, 0.3) is 6.43 Å². The van der Waals surface area contributed by atoms with Crippen molar-refractivity contribution in [1.29, 1.82) is 0 Å². The molecule has 0 unspecified atom stereocenters. The summed E-state index contributed by atoms with van der Waals surface area (Å²) in [4.78, 5) is 1.46. The maximum Gasteiger partial charge on any atom is 0.251 e. The fraction of sp³-hybridized carbons (Fsp3) is 0.500. The number of benzene rings is 1. The molecule has 6 heteroatoms. The Labute approximate surface area is 110 Å². The van der Waals surface area contributed by atoms with Crippen molar-refractivity contribution in [1.82, 2.24) is 4.90 Å². The molecule has 3 nitrogen and oxygen atoms in total. The van der Waals surface area contributed by atoms with Gasteiger partial charge in [0.1, 0.15) is 12.4 Å². The highest BCUT2D eigenvalue weighted by atomic mass is 35.5. The standard InChI is InChI=1S/C12H16ClF2NO2/c13-10-1-3-11(4-2-10)18-8-6-16(5-7-17)9-12(14)15/h1-4,12,17H,5-9H2. The molecule has 0 atom stereocenters. The number of ether oxygens (including phenoxy) is 1. The third kappa shape index (κ3) is 6.14. The third-order valence-electron chi connectivity index (χ3n) is 2.30. The van der Waals surface area contributed by atoms with E-state index in [2.05, 4.69) is 0 Å². The lowest BCUT2D eigenvalue weighted by Gasteiger charge is -2.20. The van der Waals surface area contributed by atoms with E-state index in [0.29, 0.717) is 17.3 Å². The van der Waals surface area contributed by atoms with Crippen LogP contribution in [0.3, 0.4) is 0 Å². The quantitative estimate of drug-likeness (QED) is 0.792. The fourth-order valence-electron chi connectivity index (χ4n) is 1.45. The molecule has 0 saturated carbocycles. The summed E-state index contributed by atoms with van der Waals surface area (Å²) < 4.78 is 29.8. The zero-order chi connectivity index (χ0) is 13.4. The highest BCUT2D eigenvalue weighted by Gasteiger charge is 2.11. The molecule has 0 heterocycles. The van der Waals surface area contributed by atoms with Gasteiger partial charge >= 0.3 is 0 Å². The first kappa shape index (κ1) is 15.1. The highest BCUT2D eigenvalue weighted by molar-refractivity contribution is 6.30. The van der Waals surface area contributed by atoms with Crippen LogP contribution in [0, 0.1) is 0 Å². The zero-order valence-corrected chi connectivity index (χ0v) is 10.6. The zero-order valence-electron chi connectivity index (χ0n) is 9.86. The predicted octanol–water partition coefficient (Wildman–Crippen LogP) is 2.28. The lowest BCUT2D eigenvalue weighted by atomic mass is 10.3. The lowest BCUT2D eigenvalue weighted by molar-refractivity contribution is 0.0709. The number of alkyl halides is 2. The van der Waals surface area contributed by atoms with Crippen LogP contribution in [0.5, 0.6) is 5.75 Å². The van der Waals surface area contributed by atoms with Crippen LogP contribution < -0.4 is 4.74 Å². The van der Waals surface area contributed by atoms with E-state index in [-0.39, 0.29) is 26.3 Å². The Balaban J connectivity index is 2.31. The molecule has 1 N–H and O–H groups in total. The molecule has 0 aliphatic carbocycles.